The van der Waals surface area contributed by atoms with Crippen molar-refractivity contribution in [3.8, 4) is 0 Å². The van der Waals surface area contributed by atoms with Crippen molar-refractivity contribution < 1.29 is 23.2 Å². The van der Waals surface area contributed by atoms with Gasteiger partial charge in [0.05, 0.1) is 5.69 Å². The zero-order chi connectivity index (χ0) is 18.2. The van der Waals surface area contributed by atoms with E-state index in [4.69, 9.17) is 0 Å². The van der Waals surface area contributed by atoms with Gasteiger partial charge >= 0.3 is 6.03 Å². The van der Waals surface area contributed by atoms with Gasteiger partial charge < -0.3 is 10.6 Å². The number of thiophene rings is 1. The van der Waals surface area contributed by atoms with Crippen LogP contribution in [0.15, 0.2) is 35.0 Å². The molecule has 3 rings (SSSR count). The molecular formula is C16H13F2N3O3S. The molecule has 0 unspecified atom stereocenters. The number of hydrogen-bond donors (Lipinski definition) is 2. The highest BCUT2D eigenvalue weighted by Crippen LogP contribution is 2.30. The van der Waals surface area contributed by atoms with E-state index in [1.165, 1.54) is 11.3 Å². The quantitative estimate of drug-likeness (QED) is 0.817. The first-order chi connectivity index (χ1) is 11.8. The Kier molecular flexibility index (Phi) is 4.25. The molecule has 6 nitrogen and oxygen atoms in total. The molecule has 1 aliphatic heterocycles. The van der Waals surface area contributed by atoms with Crippen LogP contribution < -0.4 is 10.6 Å². The number of halogens is 2. The van der Waals surface area contributed by atoms with E-state index in [-0.39, 0.29) is 5.69 Å². The fraction of sp³-hybridized carbons (Fsp3) is 0.188. The summed E-state index contributed by atoms with van der Waals surface area (Å²) in [7, 11) is 0. The maximum atomic E-state index is 13.6. The Balaban J connectivity index is 1.74. The number of carbonyl (C=O) groups excluding carboxylic acids is 3. The molecular weight excluding hydrogens is 352 g/mol. The standard InChI is InChI=1S/C16H13F2N3O3S/c1-16(9-4-5-25-8-9)14(23)21(15(24)20-16)7-13(22)19-12-6-10(17)2-3-11(12)18/h2-6,8H,7H2,1H3,(H,19,22)(H,20,24)/t16-/m0/s1. The first-order valence-electron chi connectivity index (χ1n) is 7.23. The lowest BCUT2D eigenvalue weighted by molar-refractivity contribution is -0.133. The van der Waals surface area contributed by atoms with Gasteiger partial charge in [0.2, 0.25) is 5.91 Å². The molecule has 0 spiro atoms. The van der Waals surface area contributed by atoms with Crippen LogP contribution in [0.1, 0.15) is 12.5 Å². The van der Waals surface area contributed by atoms with Gasteiger partial charge in [-0.15, -0.1) is 0 Å². The first-order valence-corrected chi connectivity index (χ1v) is 8.17. The molecule has 2 N–H and O–H groups in total. The fourth-order valence-electron chi connectivity index (χ4n) is 2.51. The summed E-state index contributed by atoms with van der Waals surface area (Å²) in [6, 6.07) is 3.57. The van der Waals surface area contributed by atoms with Crippen LogP contribution in [-0.4, -0.2) is 29.3 Å². The second-order valence-electron chi connectivity index (χ2n) is 5.63. The number of urea groups is 1. The van der Waals surface area contributed by atoms with Crippen LogP contribution >= 0.6 is 11.3 Å². The van der Waals surface area contributed by atoms with Crippen molar-refractivity contribution in [2.24, 2.45) is 0 Å². The van der Waals surface area contributed by atoms with E-state index in [9.17, 15) is 23.2 Å². The summed E-state index contributed by atoms with van der Waals surface area (Å²) >= 11 is 1.37. The Morgan fingerprint density at radius 2 is 2.08 bits per heavy atom. The highest BCUT2D eigenvalue weighted by Gasteiger charge is 2.49. The van der Waals surface area contributed by atoms with Gasteiger partial charge in [-0.3, -0.25) is 14.5 Å². The molecule has 0 aliphatic carbocycles. The number of nitrogens with zero attached hydrogens (tertiary/aromatic N) is 1. The minimum Gasteiger partial charge on any atom is -0.322 e. The van der Waals surface area contributed by atoms with Gasteiger partial charge in [0, 0.05) is 6.07 Å². The number of carbonyl (C=O) groups is 3. The van der Waals surface area contributed by atoms with Crippen LogP contribution in [0, 0.1) is 11.6 Å². The lowest BCUT2D eigenvalue weighted by Gasteiger charge is -2.20. The van der Waals surface area contributed by atoms with Crippen LogP contribution in [0.3, 0.4) is 0 Å². The minimum atomic E-state index is -1.26. The molecule has 1 atom stereocenters. The Bertz CT molecular complexity index is 856. The van der Waals surface area contributed by atoms with Gasteiger partial charge in [0.25, 0.3) is 5.91 Å². The summed E-state index contributed by atoms with van der Waals surface area (Å²) in [5.41, 5.74) is -1.02. The molecule has 2 heterocycles. The smallest absolute Gasteiger partial charge is 0.322 e. The number of rotatable bonds is 4. The van der Waals surface area contributed by atoms with Gasteiger partial charge in [0.1, 0.15) is 23.7 Å². The predicted molar refractivity (Wildman–Crippen MR) is 86.9 cm³/mol. The highest BCUT2D eigenvalue weighted by molar-refractivity contribution is 7.08. The summed E-state index contributed by atoms with van der Waals surface area (Å²) in [5.74, 6) is -2.96. The van der Waals surface area contributed by atoms with E-state index in [1.807, 2.05) is 0 Å². The second kappa shape index (κ2) is 6.25. The molecule has 0 bridgehead atoms. The molecule has 1 fully saturated rings. The molecule has 130 valence electrons. The van der Waals surface area contributed by atoms with Crippen molar-refractivity contribution in [1.29, 1.82) is 0 Å². The normalized spacial score (nSPS) is 19.9. The summed E-state index contributed by atoms with van der Waals surface area (Å²) < 4.78 is 26.7. The molecule has 1 aromatic heterocycles. The summed E-state index contributed by atoms with van der Waals surface area (Å²) in [6.07, 6.45) is 0. The van der Waals surface area contributed by atoms with Crippen LogP contribution in [0.5, 0.6) is 0 Å². The molecule has 1 aliphatic rings. The van der Waals surface area contributed by atoms with E-state index < -0.39 is 41.6 Å². The summed E-state index contributed by atoms with van der Waals surface area (Å²) in [6.45, 7) is 0.930. The van der Waals surface area contributed by atoms with Crippen molar-refractivity contribution in [3.63, 3.8) is 0 Å². The van der Waals surface area contributed by atoms with E-state index in [0.29, 0.717) is 5.56 Å². The third-order valence-corrected chi connectivity index (χ3v) is 4.56. The molecule has 9 heteroatoms. The fourth-order valence-corrected chi connectivity index (χ4v) is 3.28. The van der Waals surface area contributed by atoms with E-state index in [0.717, 1.165) is 23.1 Å². The number of benzene rings is 1. The van der Waals surface area contributed by atoms with Crippen molar-refractivity contribution in [2.45, 2.75) is 12.5 Å². The lowest BCUT2D eigenvalue weighted by Crippen LogP contribution is -2.41. The predicted octanol–water partition coefficient (Wildman–Crippen LogP) is 2.43. The van der Waals surface area contributed by atoms with Crippen LogP contribution in [0.4, 0.5) is 19.3 Å². The van der Waals surface area contributed by atoms with Crippen molar-refractivity contribution in [2.75, 3.05) is 11.9 Å². The third-order valence-electron chi connectivity index (χ3n) is 3.88. The van der Waals surface area contributed by atoms with Gasteiger partial charge in [-0.2, -0.15) is 11.3 Å². The maximum absolute atomic E-state index is 13.6. The molecule has 1 saturated heterocycles. The van der Waals surface area contributed by atoms with Gasteiger partial charge in [0.15, 0.2) is 0 Å². The molecule has 1 aromatic carbocycles. The van der Waals surface area contributed by atoms with E-state index >= 15 is 0 Å². The first kappa shape index (κ1) is 17.0. The van der Waals surface area contributed by atoms with Gasteiger partial charge in [-0.05, 0) is 41.4 Å². The highest BCUT2D eigenvalue weighted by atomic mass is 32.1. The zero-order valence-electron chi connectivity index (χ0n) is 13.0. The van der Waals surface area contributed by atoms with Crippen molar-refractivity contribution >= 4 is 34.9 Å². The third kappa shape index (κ3) is 3.10. The van der Waals surface area contributed by atoms with E-state index in [2.05, 4.69) is 10.6 Å². The molecule has 0 saturated carbocycles. The van der Waals surface area contributed by atoms with Crippen LogP contribution in [0.2, 0.25) is 0 Å². The van der Waals surface area contributed by atoms with Crippen molar-refractivity contribution in [1.82, 2.24) is 10.2 Å². The Hall–Kier alpha value is -2.81. The number of nitrogens with one attached hydrogen (secondary N) is 2. The Morgan fingerprint density at radius 1 is 1.32 bits per heavy atom. The second-order valence-corrected chi connectivity index (χ2v) is 6.41. The SMILES string of the molecule is C[C@@]1(c2ccsc2)NC(=O)N(CC(=O)Nc2cc(F)ccc2F)C1=O. The van der Waals surface area contributed by atoms with E-state index in [1.54, 1.807) is 23.8 Å². The number of amides is 4. The summed E-state index contributed by atoms with van der Waals surface area (Å²) in [4.78, 5) is 37.5. The zero-order valence-corrected chi connectivity index (χ0v) is 13.8. The minimum absolute atomic E-state index is 0.363. The molecule has 25 heavy (non-hydrogen) atoms. The van der Waals surface area contributed by atoms with Crippen molar-refractivity contribution in [3.05, 3.63) is 52.2 Å². The molecule has 2 aromatic rings. The lowest BCUT2D eigenvalue weighted by atomic mass is 9.95. The Labute approximate surface area is 145 Å². The van der Waals surface area contributed by atoms with Crippen LogP contribution in [-0.2, 0) is 15.1 Å². The number of imide groups is 1. The average Bonchev–Trinajstić information content (AvgIpc) is 3.16. The average molecular weight is 365 g/mol. The maximum Gasteiger partial charge on any atom is 0.325 e. The molecule has 0 radical (unpaired) electrons. The molecule has 4 amide bonds. The Morgan fingerprint density at radius 3 is 2.76 bits per heavy atom. The largest absolute Gasteiger partial charge is 0.325 e. The number of hydrogen-bond acceptors (Lipinski definition) is 4. The topological polar surface area (TPSA) is 78.5 Å². The van der Waals surface area contributed by atoms with Gasteiger partial charge in [-0.25, -0.2) is 13.6 Å². The summed E-state index contributed by atoms with van der Waals surface area (Å²) in [5, 5.41) is 8.20. The monoisotopic (exact) mass is 365 g/mol. The van der Waals surface area contributed by atoms with Gasteiger partial charge in [-0.1, -0.05) is 0 Å². The van der Waals surface area contributed by atoms with Crippen LogP contribution in [0.25, 0.3) is 0 Å². The number of anilines is 1.